The van der Waals surface area contributed by atoms with Gasteiger partial charge in [-0.05, 0) is 18.1 Å². The molecule has 2 N–H and O–H groups in total. The number of carbonyl (C=O) groups is 4. The van der Waals surface area contributed by atoms with Crippen LogP contribution in [-0.2, 0) is 19.2 Å². The van der Waals surface area contributed by atoms with Crippen LogP contribution < -0.4 is 5.32 Å². The topological polar surface area (TPSA) is 157 Å². The van der Waals surface area contributed by atoms with E-state index in [2.05, 4.69) is 15.5 Å². The van der Waals surface area contributed by atoms with Crippen molar-refractivity contribution in [2.75, 3.05) is 11.5 Å². The van der Waals surface area contributed by atoms with Crippen molar-refractivity contribution in [3.05, 3.63) is 52.2 Å². The predicted octanol–water partition coefficient (Wildman–Crippen LogP) is 1.75. The van der Waals surface area contributed by atoms with Crippen LogP contribution >= 0.6 is 34.9 Å². The molecule has 3 atom stereocenters. The van der Waals surface area contributed by atoms with E-state index < -0.39 is 41.1 Å². The maximum absolute atomic E-state index is 13.2. The van der Waals surface area contributed by atoms with Crippen LogP contribution in [0.2, 0.25) is 0 Å². The third-order valence-electron chi connectivity index (χ3n) is 5.49. The molecule has 0 saturated carbocycles. The fraction of sp³-hybridized carbons (Fsp3) is 0.318. The van der Waals surface area contributed by atoms with Crippen molar-refractivity contribution in [3.63, 3.8) is 0 Å². The van der Waals surface area contributed by atoms with Gasteiger partial charge in [-0.25, -0.2) is 9.69 Å². The van der Waals surface area contributed by atoms with Crippen molar-refractivity contribution in [3.8, 4) is 6.19 Å². The normalized spacial score (nSPS) is 19.6. The lowest BCUT2D eigenvalue weighted by Gasteiger charge is -2.49. The van der Waals surface area contributed by atoms with Gasteiger partial charge in [0, 0.05) is 18.4 Å². The van der Waals surface area contributed by atoms with Crippen molar-refractivity contribution in [2.24, 2.45) is 0 Å². The average Bonchev–Trinajstić information content (AvgIpc) is 3.28. The Morgan fingerprint density at radius 3 is 2.64 bits per heavy atom. The summed E-state index contributed by atoms with van der Waals surface area (Å²) >= 11 is 4.10. The second-order valence-corrected chi connectivity index (χ2v) is 11.3. The average molecular weight is 545 g/mol. The Balaban J connectivity index is 1.53. The third-order valence-corrected chi connectivity index (χ3v) is 8.89. The highest BCUT2D eigenvalue weighted by molar-refractivity contribution is 8.01. The number of thioether (sulfide) groups is 2. The molecular weight excluding hydrogens is 524 g/mol. The van der Waals surface area contributed by atoms with Crippen LogP contribution in [0.25, 0.3) is 0 Å². The Morgan fingerprint density at radius 2 is 2.06 bits per heavy atom. The highest BCUT2D eigenvalue weighted by Gasteiger charge is 2.54. The molecule has 0 spiro atoms. The highest BCUT2D eigenvalue weighted by atomic mass is 32.2. The van der Waals surface area contributed by atoms with E-state index in [0.29, 0.717) is 27.0 Å². The quantitative estimate of drug-likeness (QED) is 0.217. The number of β-lactam (4-membered cyclic amide) rings is 1. The monoisotopic (exact) mass is 544 g/mol. The smallest absolute Gasteiger partial charge is 0.352 e. The molecule has 2 unspecified atom stereocenters. The summed E-state index contributed by atoms with van der Waals surface area (Å²) in [5.41, 5.74) is 0.892. The zero-order chi connectivity index (χ0) is 26.0. The summed E-state index contributed by atoms with van der Waals surface area (Å²) in [5, 5.41) is 30.1. The molecule has 186 valence electrons. The Morgan fingerprint density at radius 1 is 1.33 bits per heavy atom. The summed E-state index contributed by atoms with van der Waals surface area (Å²) in [5.74, 6) is -2.43. The van der Waals surface area contributed by atoms with Crippen molar-refractivity contribution in [2.45, 2.75) is 35.6 Å². The number of hydrogen-bond acceptors (Lipinski definition) is 10. The number of aliphatic carboxylic acids is 1. The van der Waals surface area contributed by atoms with Gasteiger partial charge in [-0.3, -0.25) is 19.3 Å². The van der Waals surface area contributed by atoms with Crippen LogP contribution in [0.4, 0.5) is 0 Å². The van der Waals surface area contributed by atoms with Crippen LogP contribution in [-0.4, -0.2) is 71.7 Å². The summed E-state index contributed by atoms with van der Waals surface area (Å²) in [7, 11) is 0. The molecule has 2 aromatic rings. The SMILES string of the molecule is CC(=O)N(C#N)C(C(=O)NC1C(=O)N2C(C(=O)O)=C(CSc3nnc(C)s3)CS[C@@H]12)c1ccccc1. The first kappa shape index (κ1) is 25.7. The molecule has 0 bridgehead atoms. The predicted molar refractivity (Wildman–Crippen MR) is 132 cm³/mol. The van der Waals surface area contributed by atoms with Crippen LogP contribution in [0.3, 0.4) is 0 Å². The van der Waals surface area contributed by atoms with Gasteiger partial charge in [0.05, 0.1) is 0 Å². The van der Waals surface area contributed by atoms with E-state index in [1.165, 1.54) is 46.7 Å². The molecule has 1 aromatic heterocycles. The number of carboxylic acid groups (broad SMARTS) is 1. The molecule has 0 aliphatic carbocycles. The fourth-order valence-electron chi connectivity index (χ4n) is 3.88. The second kappa shape index (κ2) is 10.7. The highest BCUT2D eigenvalue weighted by Crippen LogP contribution is 2.42. The van der Waals surface area contributed by atoms with Gasteiger partial charge in [0.25, 0.3) is 5.91 Å². The minimum Gasteiger partial charge on any atom is -0.477 e. The molecule has 1 fully saturated rings. The second-order valence-electron chi connectivity index (χ2n) is 7.83. The Hall–Kier alpha value is -3.41. The lowest BCUT2D eigenvalue weighted by atomic mass is 10.0. The van der Waals surface area contributed by atoms with Crippen molar-refractivity contribution >= 4 is 58.6 Å². The van der Waals surface area contributed by atoms with Gasteiger partial charge < -0.3 is 10.4 Å². The summed E-state index contributed by atoms with van der Waals surface area (Å²) < 4.78 is 0.705. The van der Waals surface area contributed by atoms with Crippen molar-refractivity contribution < 1.29 is 24.3 Å². The standard InChI is InChI=1S/C22H20N6O5S3/c1-11-25-26-22(36-11)35-9-14-8-34-20-15(19(31)28(20)17(14)21(32)33)24-18(30)16(27(10-23)12(2)29)13-6-4-3-5-7-13/h3-7,15-16,20H,8-9H2,1-2H3,(H,24,30)(H,32,33)/t15?,16?,20-/m0/s1. The number of nitrogens with one attached hydrogen (secondary N) is 1. The van der Waals surface area contributed by atoms with E-state index in [-0.39, 0.29) is 5.70 Å². The van der Waals surface area contributed by atoms with Gasteiger partial charge in [0.2, 0.25) is 11.8 Å². The molecule has 2 aliphatic rings. The van der Waals surface area contributed by atoms with Gasteiger partial charge in [0.1, 0.15) is 22.1 Å². The molecule has 3 heterocycles. The summed E-state index contributed by atoms with van der Waals surface area (Å²) in [6, 6.07) is 6.04. The van der Waals surface area contributed by atoms with Crippen molar-refractivity contribution in [1.29, 1.82) is 5.26 Å². The molecular formula is C22H20N6O5S3. The molecule has 1 saturated heterocycles. The van der Waals surface area contributed by atoms with Crippen LogP contribution in [0.15, 0.2) is 45.9 Å². The largest absolute Gasteiger partial charge is 0.477 e. The summed E-state index contributed by atoms with van der Waals surface area (Å²) in [6.07, 6.45) is 1.74. The Kier molecular flexibility index (Phi) is 7.62. The molecule has 3 amide bonds. The first-order valence-corrected chi connectivity index (χ1v) is 13.5. The minimum absolute atomic E-state index is 0.0926. The fourth-order valence-corrected chi connectivity index (χ4v) is 7.18. The summed E-state index contributed by atoms with van der Waals surface area (Å²) in [4.78, 5) is 52.3. The van der Waals surface area contributed by atoms with Gasteiger partial charge in [0.15, 0.2) is 16.6 Å². The van der Waals surface area contributed by atoms with E-state index in [9.17, 15) is 29.5 Å². The van der Waals surface area contributed by atoms with E-state index in [4.69, 9.17) is 0 Å². The number of amides is 3. The number of hydrogen-bond donors (Lipinski definition) is 2. The molecule has 0 radical (unpaired) electrons. The molecule has 1 aromatic carbocycles. The van der Waals surface area contributed by atoms with E-state index in [0.717, 1.165) is 9.91 Å². The first-order valence-electron chi connectivity index (χ1n) is 10.6. The number of benzene rings is 1. The van der Waals surface area contributed by atoms with E-state index in [1.54, 1.807) is 36.5 Å². The number of aryl methyl sites for hydroxylation is 1. The van der Waals surface area contributed by atoms with Crippen LogP contribution in [0.5, 0.6) is 0 Å². The number of nitrogens with zero attached hydrogens (tertiary/aromatic N) is 5. The summed E-state index contributed by atoms with van der Waals surface area (Å²) in [6.45, 7) is 3.00. The lowest BCUT2D eigenvalue weighted by Crippen LogP contribution is -2.71. The molecule has 4 rings (SSSR count). The van der Waals surface area contributed by atoms with Gasteiger partial charge in [-0.1, -0.05) is 53.4 Å². The minimum atomic E-state index is -1.26. The number of aromatic nitrogens is 2. The number of carboxylic acids is 1. The van der Waals surface area contributed by atoms with Gasteiger partial charge >= 0.3 is 5.97 Å². The number of carbonyl (C=O) groups excluding carboxylic acids is 3. The third kappa shape index (κ3) is 4.95. The zero-order valence-corrected chi connectivity index (χ0v) is 21.5. The Bertz CT molecular complexity index is 1290. The van der Waals surface area contributed by atoms with Crippen molar-refractivity contribution in [1.82, 2.24) is 25.3 Å². The maximum atomic E-state index is 13.2. The maximum Gasteiger partial charge on any atom is 0.352 e. The first-order chi connectivity index (χ1) is 17.2. The molecule has 2 aliphatic heterocycles. The molecule has 11 nitrogen and oxygen atoms in total. The van der Waals surface area contributed by atoms with E-state index >= 15 is 0 Å². The van der Waals surface area contributed by atoms with E-state index in [1.807, 2.05) is 6.92 Å². The number of nitriles is 1. The number of rotatable bonds is 8. The van der Waals surface area contributed by atoms with Crippen LogP contribution in [0, 0.1) is 18.4 Å². The lowest BCUT2D eigenvalue weighted by molar-refractivity contribution is -0.151. The zero-order valence-electron chi connectivity index (χ0n) is 19.1. The van der Waals surface area contributed by atoms with Gasteiger partial charge in [-0.15, -0.1) is 22.0 Å². The van der Waals surface area contributed by atoms with Gasteiger partial charge in [-0.2, -0.15) is 5.26 Å². The number of fused-ring (bicyclic) bond motifs is 1. The van der Waals surface area contributed by atoms with Crippen LogP contribution in [0.1, 0.15) is 23.5 Å². The Labute approximate surface area is 218 Å². The molecule has 14 heteroatoms. The molecule has 36 heavy (non-hydrogen) atoms.